The molecule has 2 N–H and O–H groups in total. The Morgan fingerprint density at radius 2 is 1.92 bits per heavy atom. The fraction of sp³-hybridized carbons (Fsp3) is 0.176. The number of rotatable bonds is 4. The summed E-state index contributed by atoms with van der Waals surface area (Å²) in [6.45, 7) is 1.46. The number of nitrogens with two attached hydrogens (primary N) is 1. The van der Waals surface area contributed by atoms with Crippen molar-refractivity contribution in [1.82, 2.24) is 5.01 Å². The van der Waals surface area contributed by atoms with Crippen LogP contribution >= 0.6 is 0 Å². The van der Waals surface area contributed by atoms with Crippen LogP contribution in [-0.4, -0.2) is 25.0 Å². The first-order chi connectivity index (χ1) is 11.8. The van der Waals surface area contributed by atoms with E-state index in [-0.39, 0.29) is 17.7 Å². The van der Waals surface area contributed by atoms with E-state index in [0.29, 0.717) is 17.7 Å². The summed E-state index contributed by atoms with van der Waals surface area (Å²) in [4.78, 5) is 12.0. The smallest absolute Gasteiger partial charge is 0.371 e. The molecule has 0 saturated carbocycles. The van der Waals surface area contributed by atoms with Crippen molar-refractivity contribution in [2.24, 2.45) is 10.2 Å². The second-order valence-corrected chi connectivity index (χ2v) is 6.80. The number of carbonyl (C=O) groups excluding carboxylic acids is 1. The average Bonchev–Trinajstić information content (AvgIpc) is 3.00. The largest absolute Gasteiger partial charge is 0.380 e. The molecule has 0 aliphatic carbocycles. The molecule has 3 rings (SSSR count). The molecule has 25 heavy (non-hydrogen) atoms. The number of carbonyl (C=O) groups is 1. The molecule has 0 fully saturated rings. The van der Waals surface area contributed by atoms with Gasteiger partial charge in [0.15, 0.2) is 0 Å². The second-order valence-electron chi connectivity index (χ2n) is 5.64. The lowest BCUT2D eigenvalue weighted by atomic mass is 9.98. The van der Waals surface area contributed by atoms with Gasteiger partial charge in [0.25, 0.3) is 0 Å². The molecular formula is C17H17N3O4S. The minimum Gasteiger partial charge on any atom is -0.371 e. The predicted molar refractivity (Wildman–Crippen MR) is 93.0 cm³/mol. The van der Waals surface area contributed by atoms with E-state index in [9.17, 15) is 13.2 Å². The summed E-state index contributed by atoms with van der Waals surface area (Å²) < 4.78 is 26.9. The first-order valence-corrected chi connectivity index (χ1v) is 9.05. The number of nitrogens with zero attached hydrogens (tertiary/aromatic N) is 2. The maximum absolute atomic E-state index is 12.0. The molecule has 0 saturated heterocycles. The Balaban J connectivity index is 1.92. The summed E-state index contributed by atoms with van der Waals surface area (Å²) in [6.07, 6.45) is 0.516. The first kappa shape index (κ1) is 17.1. The summed E-state index contributed by atoms with van der Waals surface area (Å²) in [5, 5.41) is 10.8. The zero-order valence-electron chi connectivity index (χ0n) is 13.5. The van der Waals surface area contributed by atoms with Gasteiger partial charge in [0.05, 0.1) is 11.8 Å². The predicted octanol–water partition coefficient (Wildman–Crippen LogP) is 1.97. The summed E-state index contributed by atoms with van der Waals surface area (Å²) in [7, 11) is -4.10. The Morgan fingerprint density at radius 1 is 1.20 bits per heavy atom. The number of hydrogen-bond acceptors (Lipinski definition) is 5. The Kier molecular flexibility index (Phi) is 4.56. The summed E-state index contributed by atoms with van der Waals surface area (Å²) in [5.41, 5.74) is 2.32. The van der Waals surface area contributed by atoms with Crippen molar-refractivity contribution in [3.8, 4) is 5.75 Å². The Hall–Kier alpha value is -2.71. The molecule has 130 valence electrons. The summed E-state index contributed by atoms with van der Waals surface area (Å²) in [5.74, 6) is -0.0685. The lowest BCUT2D eigenvalue weighted by Gasteiger charge is -2.20. The van der Waals surface area contributed by atoms with Crippen LogP contribution in [0.5, 0.6) is 5.75 Å². The Morgan fingerprint density at radius 3 is 2.56 bits per heavy atom. The van der Waals surface area contributed by atoms with E-state index in [1.54, 1.807) is 12.1 Å². The van der Waals surface area contributed by atoms with Crippen LogP contribution in [0.3, 0.4) is 0 Å². The molecule has 0 bridgehead atoms. The van der Waals surface area contributed by atoms with Gasteiger partial charge in [0, 0.05) is 18.9 Å². The van der Waals surface area contributed by atoms with Crippen LogP contribution in [0, 0.1) is 0 Å². The van der Waals surface area contributed by atoms with Gasteiger partial charge in [-0.05, 0) is 17.7 Å². The third-order valence-electron chi connectivity index (χ3n) is 3.80. The van der Waals surface area contributed by atoms with Gasteiger partial charge in [-0.25, -0.2) is 5.01 Å². The van der Waals surface area contributed by atoms with Crippen molar-refractivity contribution in [2.45, 2.75) is 19.4 Å². The van der Waals surface area contributed by atoms with Crippen molar-refractivity contribution in [3.05, 3.63) is 65.7 Å². The highest BCUT2D eigenvalue weighted by atomic mass is 32.2. The van der Waals surface area contributed by atoms with E-state index in [1.165, 1.54) is 24.1 Å². The number of benzene rings is 2. The molecule has 1 aliphatic rings. The Labute approximate surface area is 146 Å². The summed E-state index contributed by atoms with van der Waals surface area (Å²) in [6, 6.07) is 15.9. The Bertz CT molecular complexity index is 926. The van der Waals surface area contributed by atoms with Crippen LogP contribution in [0.25, 0.3) is 0 Å². The van der Waals surface area contributed by atoms with E-state index in [1.807, 2.05) is 30.3 Å². The van der Waals surface area contributed by atoms with Crippen molar-refractivity contribution < 1.29 is 17.4 Å². The molecule has 1 aliphatic heterocycles. The molecule has 1 unspecified atom stereocenters. The van der Waals surface area contributed by atoms with Gasteiger partial charge in [-0.2, -0.15) is 18.7 Å². The maximum atomic E-state index is 12.0. The van der Waals surface area contributed by atoms with Crippen LogP contribution in [0.1, 0.15) is 30.5 Å². The van der Waals surface area contributed by atoms with Gasteiger partial charge in [0.1, 0.15) is 5.75 Å². The standard InChI is InChI=1S/C17H17N3O4S/c1-12(21)20-17(13-6-3-2-4-7-13)11-16(19-20)14-8-5-9-15(10-14)24-25(18,22)23/h2-10,17H,11H2,1H3,(H2,18,22,23). The third-order valence-corrected chi connectivity index (χ3v) is 4.22. The highest BCUT2D eigenvalue weighted by molar-refractivity contribution is 7.84. The van der Waals surface area contributed by atoms with E-state index < -0.39 is 10.3 Å². The zero-order chi connectivity index (χ0) is 18.0. The number of amides is 1. The monoisotopic (exact) mass is 359 g/mol. The van der Waals surface area contributed by atoms with Gasteiger partial charge in [-0.1, -0.05) is 42.5 Å². The quantitative estimate of drug-likeness (QED) is 0.901. The molecule has 0 aromatic heterocycles. The van der Waals surface area contributed by atoms with Crippen LogP contribution in [-0.2, 0) is 15.1 Å². The van der Waals surface area contributed by atoms with Gasteiger partial charge in [-0.15, -0.1) is 0 Å². The molecule has 0 radical (unpaired) electrons. The highest BCUT2D eigenvalue weighted by Crippen LogP contribution is 2.33. The number of hydrazone groups is 1. The molecule has 8 heteroatoms. The van der Waals surface area contributed by atoms with Gasteiger partial charge < -0.3 is 4.18 Å². The van der Waals surface area contributed by atoms with E-state index in [0.717, 1.165) is 5.56 Å². The molecule has 0 spiro atoms. The van der Waals surface area contributed by atoms with Crippen LogP contribution < -0.4 is 9.32 Å². The fourth-order valence-electron chi connectivity index (χ4n) is 2.77. The minimum atomic E-state index is -4.10. The second kappa shape index (κ2) is 6.66. The lowest BCUT2D eigenvalue weighted by Crippen LogP contribution is -2.24. The van der Waals surface area contributed by atoms with Crippen molar-refractivity contribution in [1.29, 1.82) is 0 Å². The van der Waals surface area contributed by atoms with Gasteiger partial charge in [-0.3, -0.25) is 4.79 Å². The molecule has 7 nitrogen and oxygen atoms in total. The average molecular weight is 359 g/mol. The van der Waals surface area contributed by atoms with E-state index in [4.69, 9.17) is 9.32 Å². The topological polar surface area (TPSA) is 102 Å². The normalized spacial score (nSPS) is 17.3. The van der Waals surface area contributed by atoms with E-state index >= 15 is 0 Å². The zero-order valence-corrected chi connectivity index (χ0v) is 14.3. The van der Waals surface area contributed by atoms with Crippen LogP contribution in [0.15, 0.2) is 59.7 Å². The minimum absolute atomic E-state index is 0.0974. The SMILES string of the molecule is CC(=O)N1N=C(c2cccc(OS(N)(=O)=O)c2)CC1c1ccccc1. The molecular weight excluding hydrogens is 342 g/mol. The first-order valence-electron chi connectivity index (χ1n) is 7.58. The lowest BCUT2D eigenvalue weighted by molar-refractivity contribution is -0.130. The highest BCUT2D eigenvalue weighted by Gasteiger charge is 2.31. The van der Waals surface area contributed by atoms with Crippen LogP contribution in [0.4, 0.5) is 0 Å². The van der Waals surface area contributed by atoms with E-state index in [2.05, 4.69) is 5.10 Å². The molecule has 2 aromatic carbocycles. The molecule has 1 heterocycles. The molecule has 1 amide bonds. The van der Waals surface area contributed by atoms with Crippen molar-refractivity contribution >= 4 is 21.9 Å². The fourth-order valence-corrected chi connectivity index (χ4v) is 3.14. The van der Waals surface area contributed by atoms with Crippen LogP contribution in [0.2, 0.25) is 0 Å². The van der Waals surface area contributed by atoms with Crippen molar-refractivity contribution in [3.63, 3.8) is 0 Å². The van der Waals surface area contributed by atoms with Gasteiger partial charge in [0.2, 0.25) is 5.91 Å². The van der Waals surface area contributed by atoms with Gasteiger partial charge >= 0.3 is 10.3 Å². The third kappa shape index (κ3) is 4.04. The maximum Gasteiger partial charge on any atom is 0.380 e. The molecule has 2 aromatic rings. The number of hydrogen-bond donors (Lipinski definition) is 1. The van der Waals surface area contributed by atoms with Crippen molar-refractivity contribution in [2.75, 3.05) is 0 Å². The molecule has 1 atom stereocenters. The summed E-state index contributed by atoms with van der Waals surface area (Å²) >= 11 is 0.